The molecule has 4 rings (SSSR count). The Labute approximate surface area is 169 Å². The summed E-state index contributed by atoms with van der Waals surface area (Å²) in [4.78, 5) is 17.3. The van der Waals surface area contributed by atoms with Crippen LogP contribution in [0.2, 0.25) is 0 Å². The summed E-state index contributed by atoms with van der Waals surface area (Å²) in [7, 11) is 2.10. The van der Waals surface area contributed by atoms with Crippen LogP contribution in [0.15, 0.2) is 10.6 Å². The summed E-state index contributed by atoms with van der Waals surface area (Å²) < 4.78 is 5.34. The maximum atomic E-state index is 12.6. The van der Waals surface area contributed by atoms with E-state index >= 15 is 0 Å². The van der Waals surface area contributed by atoms with Gasteiger partial charge in [-0.3, -0.25) is 14.6 Å². The molecule has 4 atom stereocenters. The highest BCUT2D eigenvalue weighted by Gasteiger charge is 2.42. The third kappa shape index (κ3) is 4.60. The van der Waals surface area contributed by atoms with Gasteiger partial charge in [0.25, 0.3) is 0 Å². The highest BCUT2D eigenvalue weighted by Crippen LogP contribution is 2.49. The molecule has 4 unspecified atom stereocenters. The maximum absolute atomic E-state index is 12.6. The van der Waals surface area contributed by atoms with Crippen molar-refractivity contribution in [2.45, 2.75) is 71.0 Å². The van der Waals surface area contributed by atoms with Gasteiger partial charge < -0.3 is 9.84 Å². The van der Waals surface area contributed by atoms with E-state index in [9.17, 15) is 4.79 Å². The summed E-state index contributed by atoms with van der Waals surface area (Å²) in [6, 6.07) is 2.82. The lowest BCUT2D eigenvalue weighted by Crippen LogP contribution is -2.48. The van der Waals surface area contributed by atoms with Crippen molar-refractivity contribution < 1.29 is 9.32 Å². The number of nitrogens with one attached hydrogen (secondary N) is 1. The van der Waals surface area contributed by atoms with Gasteiger partial charge in [-0.2, -0.15) is 0 Å². The Kier molecular flexibility index (Phi) is 6.07. The quantitative estimate of drug-likeness (QED) is 0.778. The van der Waals surface area contributed by atoms with Crippen LogP contribution in [-0.4, -0.2) is 59.6 Å². The minimum Gasteiger partial charge on any atom is -0.360 e. The van der Waals surface area contributed by atoms with Gasteiger partial charge >= 0.3 is 0 Å². The Morgan fingerprint density at radius 3 is 2.71 bits per heavy atom. The SMILES string of the molecule is Cc1cc(CN2CCC(N(C)CC(=O)NC(C)C3CC4CCC3C4)CC2)on1. The molecular weight excluding hydrogens is 352 g/mol. The Hall–Kier alpha value is -1.40. The molecule has 28 heavy (non-hydrogen) atoms. The maximum Gasteiger partial charge on any atom is 0.234 e. The fraction of sp³-hybridized carbons (Fsp3) is 0.818. The first-order valence-electron chi connectivity index (χ1n) is 11.1. The lowest BCUT2D eigenvalue weighted by Gasteiger charge is -2.36. The molecule has 2 bridgehead atoms. The predicted octanol–water partition coefficient (Wildman–Crippen LogP) is 2.82. The van der Waals surface area contributed by atoms with Gasteiger partial charge in [-0.15, -0.1) is 0 Å². The van der Waals surface area contributed by atoms with E-state index in [0.717, 1.165) is 55.8 Å². The van der Waals surface area contributed by atoms with Crippen molar-refractivity contribution >= 4 is 5.91 Å². The number of aryl methyl sites for hydroxylation is 1. The fourth-order valence-corrected chi connectivity index (χ4v) is 5.90. The van der Waals surface area contributed by atoms with Gasteiger partial charge in [0.15, 0.2) is 5.76 Å². The molecule has 2 saturated carbocycles. The van der Waals surface area contributed by atoms with Crippen LogP contribution in [0.3, 0.4) is 0 Å². The Morgan fingerprint density at radius 2 is 2.11 bits per heavy atom. The van der Waals surface area contributed by atoms with Crippen LogP contribution in [0.4, 0.5) is 0 Å². The van der Waals surface area contributed by atoms with Gasteiger partial charge in [-0.25, -0.2) is 0 Å². The van der Waals surface area contributed by atoms with Crippen molar-refractivity contribution in [1.29, 1.82) is 0 Å². The largest absolute Gasteiger partial charge is 0.360 e. The van der Waals surface area contributed by atoms with E-state index in [2.05, 4.69) is 34.2 Å². The summed E-state index contributed by atoms with van der Waals surface area (Å²) in [6.07, 6.45) is 7.71. The second-order valence-corrected chi connectivity index (χ2v) is 9.55. The number of carbonyl (C=O) groups excluding carboxylic acids is 1. The topological polar surface area (TPSA) is 61.6 Å². The van der Waals surface area contributed by atoms with Crippen LogP contribution in [0.25, 0.3) is 0 Å². The number of aromatic nitrogens is 1. The van der Waals surface area contributed by atoms with E-state index in [-0.39, 0.29) is 5.91 Å². The fourth-order valence-electron chi connectivity index (χ4n) is 5.90. The lowest BCUT2D eigenvalue weighted by atomic mass is 9.84. The number of likely N-dealkylation sites (tertiary alicyclic amines) is 1. The van der Waals surface area contributed by atoms with Crippen molar-refractivity contribution in [1.82, 2.24) is 20.3 Å². The first kappa shape index (κ1) is 19.9. The molecule has 6 nitrogen and oxygen atoms in total. The first-order chi connectivity index (χ1) is 13.5. The van der Waals surface area contributed by atoms with Crippen LogP contribution in [0.1, 0.15) is 56.9 Å². The number of rotatable bonds is 7. The van der Waals surface area contributed by atoms with E-state index in [1.54, 1.807) is 0 Å². The normalized spacial score (nSPS) is 29.5. The van der Waals surface area contributed by atoms with Crippen LogP contribution in [0, 0.1) is 24.7 Å². The number of carbonyl (C=O) groups is 1. The highest BCUT2D eigenvalue weighted by molar-refractivity contribution is 5.78. The molecule has 1 aliphatic heterocycles. The van der Waals surface area contributed by atoms with Crippen molar-refractivity contribution in [2.24, 2.45) is 17.8 Å². The molecule has 1 N–H and O–H groups in total. The molecule has 0 aromatic carbocycles. The summed E-state index contributed by atoms with van der Waals surface area (Å²) in [6.45, 7) is 7.59. The highest BCUT2D eigenvalue weighted by atomic mass is 16.5. The third-order valence-electron chi connectivity index (χ3n) is 7.45. The molecule has 2 heterocycles. The molecule has 3 aliphatic rings. The second-order valence-electron chi connectivity index (χ2n) is 9.55. The smallest absolute Gasteiger partial charge is 0.234 e. The minimum atomic E-state index is 0.192. The molecule has 2 aliphatic carbocycles. The van der Waals surface area contributed by atoms with E-state index in [4.69, 9.17) is 4.52 Å². The summed E-state index contributed by atoms with van der Waals surface area (Å²) >= 11 is 0. The van der Waals surface area contributed by atoms with Crippen molar-refractivity contribution in [3.63, 3.8) is 0 Å². The predicted molar refractivity (Wildman–Crippen MR) is 109 cm³/mol. The van der Waals surface area contributed by atoms with Gasteiger partial charge in [0.1, 0.15) is 0 Å². The number of nitrogens with zero attached hydrogens (tertiary/aromatic N) is 3. The number of fused-ring (bicyclic) bond motifs is 2. The monoisotopic (exact) mass is 388 g/mol. The molecule has 3 fully saturated rings. The van der Waals surface area contributed by atoms with Gasteiger partial charge in [-0.1, -0.05) is 11.6 Å². The van der Waals surface area contributed by atoms with Gasteiger partial charge in [0.05, 0.1) is 18.8 Å². The molecule has 1 aromatic heterocycles. The van der Waals surface area contributed by atoms with Crippen molar-refractivity contribution in [2.75, 3.05) is 26.7 Å². The molecule has 1 aromatic rings. The van der Waals surface area contributed by atoms with Gasteiger partial charge in [0, 0.05) is 31.2 Å². The lowest BCUT2D eigenvalue weighted by molar-refractivity contribution is -0.123. The minimum absolute atomic E-state index is 0.192. The zero-order valence-corrected chi connectivity index (χ0v) is 17.7. The van der Waals surface area contributed by atoms with Gasteiger partial charge in [-0.05, 0) is 70.8 Å². The van der Waals surface area contributed by atoms with E-state index in [0.29, 0.717) is 24.5 Å². The number of hydrogen-bond donors (Lipinski definition) is 1. The van der Waals surface area contributed by atoms with Gasteiger partial charge in [0.2, 0.25) is 5.91 Å². The third-order valence-corrected chi connectivity index (χ3v) is 7.45. The molecule has 1 saturated heterocycles. The Balaban J connectivity index is 1.17. The summed E-state index contributed by atoms with van der Waals surface area (Å²) in [5, 5.41) is 7.28. The molecule has 1 amide bonds. The second kappa shape index (κ2) is 8.54. The summed E-state index contributed by atoms with van der Waals surface area (Å²) in [5.74, 6) is 3.63. The van der Waals surface area contributed by atoms with E-state index < -0.39 is 0 Å². The van der Waals surface area contributed by atoms with Crippen molar-refractivity contribution in [3.8, 4) is 0 Å². The number of likely N-dealkylation sites (N-methyl/N-ethyl adjacent to an activating group) is 1. The van der Waals surface area contributed by atoms with E-state index in [1.165, 1.54) is 25.7 Å². The van der Waals surface area contributed by atoms with Crippen LogP contribution < -0.4 is 5.32 Å². The standard InChI is InChI=1S/C22H36N4O2/c1-15-10-20(28-24-15)13-26-8-6-19(7-9-26)25(3)14-22(27)23-16(2)21-12-17-4-5-18(21)11-17/h10,16-19,21H,4-9,11-14H2,1-3H3,(H,23,27). The zero-order chi connectivity index (χ0) is 19.7. The molecule has 156 valence electrons. The summed E-state index contributed by atoms with van der Waals surface area (Å²) in [5.41, 5.74) is 0.940. The Morgan fingerprint density at radius 1 is 1.32 bits per heavy atom. The van der Waals surface area contributed by atoms with Crippen LogP contribution >= 0.6 is 0 Å². The van der Waals surface area contributed by atoms with Crippen molar-refractivity contribution in [3.05, 3.63) is 17.5 Å². The van der Waals surface area contributed by atoms with Crippen LogP contribution in [-0.2, 0) is 11.3 Å². The zero-order valence-electron chi connectivity index (χ0n) is 17.7. The molecule has 6 heteroatoms. The first-order valence-corrected chi connectivity index (χ1v) is 11.1. The Bertz CT molecular complexity index is 667. The molecule has 0 radical (unpaired) electrons. The van der Waals surface area contributed by atoms with Crippen LogP contribution in [0.5, 0.6) is 0 Å². The number of amides is 1. The molecule has 0 spiro atoms. The average molecular weight is 389 g/mol. The number of hydrogen-bond acceptors (Lipinski definition) is 5. The number of piperidine rings is 1. The molecular formula is C22H36N4O2. The van der Waals surface area contributed by atoms with E-state index in [1.807, 2.05) is 13.0 Å². The average Bonchev–Trinajstić information content (AvgIpc) is 3.39.